The van der Waals surface area contributed by atoms with Crippen LogP contribution in [0.2, 0.25) is 0 Å². The lowest BCUT2D eigenvalue weighted by atomic mass is 10.2. The molecule has 2 aromatic heterocycles. The minimum Gasteiger partial charge on any atom is -0.358 e. The molecule has 3 rings (SSSR count). The molecule has 0 radical (unpaired) electrons. The smallest absolute Gasteiger partial charge is 0.358 e. The van der Waals surface area contributed by atoms with Gasteiger partial charge in [0.25, 0.3) is 0 Å². The molecule has 0 aliphatic carbocycles. The highest BCUT2D eigenvalue weighted by molar-refractivity contribution is 5.85. The monoisotopic (exact) mass is 259 g/mol. The van der Waals surface area contributed by atoms with Crippen LogP contribution in [0.15, 0.2) is 36.8 Å². The van der Waals surface area contributed by atoms with E-state index in [0.29, 0.717) is 5.39 Å². The topological polar surface area (TPSA) is 86.7 Å². The van der Waals surface area contributed by atoms with Gasteiger partial charge in [0.15, 0.2) is 5.82 Å². The average Bonchev–Trinajstić information content (AvgIpc) is 2.88. The summed E-state index contributed by atoms with van der Waals surface area (Å²) in [7, 11) is 0. The third-order valence-corrected chi connectivity index (χ3v) is 2.57. The quantitative estimate of drug-likeness (QED) is 0.517. The molecular weight excluding hydrogens is 253 g/mol. The van der Waals surface area contributed by atoms with Crippen LogP contribution in [0.25, 0.3) is 16.7 Å². The van der Waals surface area contributed by atoms with Gasteiger partial charge in [-0.3, -0.25) is 0 Å². The lowest BCUT2D eigenvalue weighted by Crippen LogP contribution is -2.02. The first kappa shape index (κ1) is 11.2. The van der Waals surface area contributed by atoms with E-state index in [1.165, 1.54) is 35.4 Å². The molecule has 0 spiro atoms. The van der Waals surface area contributed by atoms with Crippen LogP contribution in [0.4, 0.5) is 10.2 Å². The summed E-state index contributed by atoms with van der Waals surface area (Å²) in [6.45, 7) is 0. The van der Waals surface area contributed by atoms with Gasteiger partial charge in [-0.2, -0.15) is 0 Å². The van der Waals surface area contributed by atoms with Crippen molar-refractivity contribution in [2.45, 2.75) is 0 Å². The molecule has 0 unspecified atom stereocenters. The van der Waals surface area contributed by atoms with E-state index in [2.05, 4.69) is 15.1 Å². The Kier molecular flexibility index (Phi) is 2.41. The number of benzene rings is 1. The van der Waals surface area contributed by atoms with Crippen molar-refractivity contribution in [3.05, 3.63) is 52.7 Å². The summed E-state index contributed by atoms with van der Waals surface area (Å²) < 4.78 is 14.8. The van der Waals surface area contributed by atoms with Gasteiger partial charge in [-0.25, -0.2) is 14.4 Å². The fourth-order valence-corrected chi connectivity index (χ4v) is 1.75. The van der Waals surface area contributed by atoms with Gasteiger partial charge in [0.05, 0.1) is 22.7 Å². The number of rotatable bonds is 2. The summed E-state index contributed by atoms with van der Waals surface area (Å²) in [4.78, 5) is 17.8. The maximum atomic E-state index is 13.6. The first-order chi connectivity index (χ1) is 9.16. The molecule has 94 valence electrons. The highest BCUT2D eigenvalue weighted by Gasteiger charge is 2.16. The number of nitro groups is 1. The van der Waals surface area contributed by atoms with Gasteiger partial charge in [0.2, 0.25) is 0 Å². The van der Waals surface area contributed by atoms with Crippen molar-refractivity contribution in [1.82, 2.24) is 19.7 Å². The summed E-state index contributed by atoms with van der Waals surface area (Å²) in [6, 6.07) is 5.67. The minimum absolute atomic E-state index is 0.144. The Balaban J connectivity index is 2.24. The number of nitrogens with zero attached hydrogens (tertiary/aromatic N) is 5. The molecule has 1 aromatic carbocycles. The number of hydrogen-bond donors (Lipinski definition) is 0. The van der Waals surface area contributed by atoms with Crippen LogP contribution in [-0.2, 0) is 0 Å². The Morgan fingerprint density at radius 1 is 1.26 bits per heavy atom. The molecule has 0 aliphatic rings. The molecular formula is C11H6FN5O2. The van der Waals surface area contributed by atoms with Crippen LogP contribution in [0, 0.1) is 15.9 Å². The maximum Gasteiger partial charge on any atom is 0.390 e. The van der Waals surface area contributed by atoms with Crippen molar-refractivity contribution in [2.24, 2.45) is 0 Å². The Morgan fingerprint density at radius 2 is 2.11 bits per heavy atom. The Hall–Kier alpha value is -2.90. The third kappa shape index (κ3) is 1.79. The van der Waals surface area contributed by atoms with E-state index >= 15 is 0 Å². The van der Waals surface area contributed by atoms with Gasteiger partial charge >= 0.3 is 5.82 Å². The van der Waals surface area contributed by atoms with Crippen LogP contribution < -0.4 is 0 Å². The summed E-state index contributed by atoms with van der Waals surface area (Å²) in [5, 5.41) is 14.8. The molecule has 0 saturated heterocycles. The number of hydrogen-bond acceptors (Lipinski definition) is 5. The van der Waals surface area contributed by atoms with E-state index < -0.39 is 10.7 Å². The molecule has 0 aliphatic heterocycles. The molecule has 0 N–H and O–H groups in total. The molecule has 8 heteroatoms. The van der Waals surface area contributed by atoms with E-state index in [0.717, 1.165) is 0 Å². The van der Waals surface area contributed by atoms with Crippen molar-refractivity contribution in [3.63, 3.8) is 0 Å². The van der Waals surface area contributed by atoms with E-state index in [-0.39, 0.29) is 17.2 Å². The Bertz CT molecular complexity index is 786. The molecule has 7 nitrogen and oxygen atoms in total. The van der Waals surface area contributed by atoms with Crippen LogP contribution in [0.3, 0.4) is 0 Å². The molecule has 0 amide bonds. The third-order valence-electron chi connectivity index (χ3n) is 2.57. The van der Waals surface area contributed by atoms with Crippen LogP contribution in [0.1, 0.15) is 0 Å². The molecule has 0 bridgehead atoms. The first-order valence-corrected chi connectivity index (χ1v) is 5.26. The van der Waals surface area contributed by atoms with E-state index in [4.69, 9.17) is 0 Å². The van der Waals surface area contributed by atoms with Gasteiger partial charge in [0.1, 0.15) is 17.7 Å². The van der Waals surface area contributed by atoms with Crippen LogP contribution >= 0.6 is 0 Å². The maximum absolute atomic E-state index is 13.6. The van der Waals surface area contributed by atoms with Gasteiger partial charge in [-0.05, 0) is 17.1 Å². The summed E-state index contributed by atoms with van der Waals surface area (Å²) in [5.74, 6) is -0.497. The van der Waals surface area contributed by atoms with E-state index in [1.807, 2.05) is 0 Å². The predicted molar refractivity (Wildman–Crippen MR) is 63.3 cm³/mol. The van der Waals surface area contributed by atoms with Crippen LogP contribution in [-0.4, -0.2) is 24.7 Å². The van der Waals surface area contributed by atoms with E-state index in [1.54, 1.807) is 6.07 Å². The molecule has 2 heterocycles. The zero-order chi connectivity index (χ0) is 13.4. The SMILES string of the molecule is O=[N+]([O-])c1ccn(-c2ncnc3c(F)cccc23)n1. The van der Waals surface area contributed by atoms with Gasteiger partial charge < -0.3 is 10.1 Å². The second kappa shape index (κ2) is 4.09. The summed E-state index contributed by atoms with van der Waals surface area (Å²) >= 11 is 0. The van der Waals surface area contributed by atoms with E-state index in [9.17, 15) is 14.5 Å². The van der Waals surface area contributed by atoms with Crippen molar-refractivity contribution in [3.8, 4) is 5.82 Å². The molecule has 19 heavy (non-hydrogen) atoms. The van der Waals surface area contributed by atoms with Gasteiger partial charge in [-0.1, -0.05) is 6.07 Å². The standard InChI is InChI=1S/C11H6FN5O2/c12-8-3-1-2-7-10(8)13-6-14-11(7)16-5-4-9(15-16)17(18)19/h1-6H. The number of halogens is 1. The molecule has 0 saturated carbocycles. The average molecular weight is 259 g/mol. The van der Waals surface area contributed by atoms with Crippen molar-refractivity contribution in [1.29, 1.82) is 0 Å². The summed E-state index contributed by atoms with van der Waals surface area (Å²) in [5.41, 5.74) is 0.144. The largest absolute Gasteiger partial charge is 0.390 e. The zero-order valence-electron chi connectivity index (χ0n) is 9.39. The first-order valence-electron chi connectivity index (χ1n) is 5.26. The number of aromatic nitrogens is 4. The highest BCUT2D eigenvalue weighted by atomic mass is 19.1. The molecule has 3 aromatic rings. The van der Waals surface area contributed by atoms with Crippen molar-refractivity contribution >= 4 is 16.7 Å². The fraction of sp³-hybridized carbons (Fsp3) is 0. The zero-order valence-corrected chi connectivity index (χ0v) is 9.39. The molecule has 0 atom stereocenters. The van der Waals surface area contributed by atoms with Gasteiger partial charge in [-0.15, -0.1) is 4.68 Å². The number of fused-ring (bicyclic) bond motifs is 1. The minimum atomic E-state index is -0.611. The number of para-hydroxylation sites is 1. The fourth-order valence-electron chi connectivity index (χ4n) is 1.75. The van der Waals surface area contributed by atoms with Crippen molar-refractivity contribution in [2.75, 3.05) is 0 Å². The van der Waals surface area contributed by atoms with Crippen molar-refractivity contribution < 1.29 is 9.31 Å². The normalized spacial score (nSPS) is 10.8. The Morgan fingerprint density at radius 3 is 2.84 bits per heavy atom. The van der Waals surface area contributed by atoms with Crippen LogP contribution in [0.5, 0.6) is 0 Å². The molecule has 0 fully saturated rings. The lowest BCUT2D eigenvalue weighted by Gasteiger charge is -2.02. The second-order valence-electron chi connectivity index (χ2n) is 3.71. The summed E-state index contributed by atoms with van der Waals surface area (Å²) in [6.07, 6.45) is 2.58. The van der Waals surface area contributed by atoms with Gasteiger partial charge in [0, 0.05) is 0 Å². The predicted octanol–water partition coefficient (Wildman–Crippen LogP) is 1.86. The Labute approximate surface area is 105 Å². The lowest BCUT2D eigenvalue weighted by molar-refractivity contribution is -0.389. The highest BCUT2D eigenvalue weighted by Crippen LogP contribution is 2.21. The second-order valence-corrected chi connectivity index (χ2v) is 3.71.